The first-order valence-corrected chi connectivity index (χ1v) is 4.98. The third-order valence-electron chi connectivity index (χ3n) is 2.70. The minimum Gasteiger partial charge on any atom is -0.479 e. The predicted molar refractivity (Wildman–Crippen MR) is 57.9 cm³/mol. The van der Waals surface area contributed by atoms with E-state index in [1.807, 2.05) is 26.8 Å². The summed E-state index contributed by atoms with van der Waals surface area (Å²) in [5.74, 6) is -1.20. The average molecular weight is 208 g/mol. The highest BCUT2D eigenvalue weighted by Gasteiger charge is 2.19. The van der Waals surface area contributed by atoms with Crippen LogP contribution in [0, 0.1) is 13.8 Å². The Bertz CT molecular complexity index is 383. The number of hydrogen-bond acceptors (Lipinski definition) is 2. The first-order valence-electron chi connectivity index (χ1n) is 4.98. The second kappa shape index (κ2) is 4.45. The molecule has 1 aromatic carbocycles. The van der Waals surface area contributed by atoms with Crippen LogP contribution in [0.5, 0.6) is 0 Å². The Balaban J connectivity index is 3.27. The Hall–Kier alpha value is -1.35. The zero-order valence-corrected chi connectivity index (χ0v) is 9.24. The van der Waals surface area contributed by atoms with E-state index in [4.69, 9.17) is 5.11 Å². The lowest BCUT2D eigenvalue weighted by atomic mass is 9.95. The molecule has 0 radical (unpaired) electrons. The monoisotopic (exact) mass is 208 g/mol. The van der Waals surface area contributed by atoms with E-state index in [2.05, 4.69) is 0 Å². The summed E-state index contributed by atoms with van der Waals surface area (Å²) in [6.07, 6.45) is -0.587. The molecule has 1 unspecified atom stereocenters. The quantitative estimate of drug-likeness (QED) is 0.798. The summed E-state index contributed by atoms with van der Waals surface area (Å²) in [6.45, 7) is 5.75. The Morgan fingerprint density at radius 2 is 2.00 bits per heavy atom. The SMILES string of the molecule is CCc1cc(C)c(C)c(C(O)C(=O)O)c1. The highest BCUT2D eigenvalue weighted by Crippen LogP contribution is 2.23. The molecule has 0 saturated heterocycles. The maximum Gasteiger partial charge on any atom is 0.337 e. The summed E-state index contributed by atoms with van der Waals surface area (Å²) in [7, 11) is 0. The number of aryl methyl sites for hydroxylation is 2. The summed E-state index contributed by atoms with van der Waals surface area (Å²) in [5.41, 5.74) is 3.42. The van der Waals surface area contributed by atoms with Gasteiger partial charge in [-0.3, -0.25) is 0 Å². The fraction of sp³-hybridized carbons (Fsp3) is 0.417. The van der Waals surface area contributed by atoms with Gasteiger partial charge in [-0.2, -0.15) is 0 Å². The number of aliphatic hydroxyl groups is 1. The summed E-state index contributed by atoms with van der Waals surface area (Å²) in [6, 6.07) is 3.79. The lowest BCUT2D eigenvalue weighted by Crippen LogP contribution is -2.13. The van der Waals surface area contributed by atoms with Gasteiger partial charge in [0.15, 0.2) is 6.10 Å². The minimum absolute atomic E-state index is 0.499. The van der Waals surface area contributed by atoms with Crippen molar-refractivity contribution in [3.8, 4) is 0 Å². The van der Waals surface area contributed by atoms with Gasteiger partial charge < -0.3 is 10.2 Å². The molecule has 82 valence electrons. The van der Waals surface area contributed by atoms with Crippen LogP contribution in [0.1, 0.15) is 35.3 Å². The molecule has 2 N–H and O–H groups in total. The number of hydrogen-bond donors (Lipinski definition) is 2. The Morgan fingerprint density at radius 1 is 1.40 bits per heavy atom. The normalized spacial score (nSPS) is 12.5. The van der Waals surface area contributed by atoms with Gasteiger partial charge in [0.2, 0.25) is 0 Å². The smallest absolute Gasteiger partial charge is 0.337 e. The van der Waals surface area contributed by atoms with Gasteiger partial charge >= 0.3 is 5.97 Å². The van der Waals surface area contributed by atoms with Crippen LogP contribution < -0.4 is 0 Å². The van der Waals surface area contributed by atoms with Crippen molar-refractivity contribution in [3.05, 3.63) is 34.4 Å². The average Bonchev–Trinajstić information content (AvgIpc) is 2.20. The van der Waals surface area contributed by atoms with E-state index in [9.17, 15) is 9.90 Å². The Kier molecular flexibility index (Phi) is 3.48. The van der Waals surface area contributed by atoms with Crippen LogP contribution in [0.2, 0.25) is 0 Å². The second-order valence-corrected chi connectivity index (χ2v) is 3.72. The molecular formula is C12H16O3. The lowest BCUT2D eigenvalue weighted by Gasteiger charge is -2.13. The predicted octanol–water partition coefficient (Wildman–Crippen LogP) is 1.98. The largest absolute Gasteiger partial charge is 0.479 e. The van der Waals surface area contributed by atoms with Crippen LogP contribution in [0.25, 0.3) is 0 Å². The number of aliphatic carboxylic acids is 1. The molecule has 1 rings (SSSR count). The van der Waals surface area contributed by atoms with Crippen molar-refractivity contribution in [2.75, 3.05) is 0 Å². The molecule has 0 saturated carbocycles. The van der Waals surface area contributed by atoms with E-state index < -0.39 is 12.1 Å². The third-order valence-corrected chi connectivity index (χ3v) is 2.70. The molecule has 3 nitrogen and oxygen atoms in total. The molecular weight excluding hydrogens is 192 g/mol. The number of benzene rings is 1. The highest BCUT2D eigenvalue weighted by atomic mass is 16.4. The molecule has 15 heavy (non-hydrogen) atoms. The van der Waals surface area contributed by atoms with E-state index in [0.717, 1.165) is 23.1 Å². The van der Waals surface area contributed by atoms with E-state index in [1.165, 1.54) is 0 Å². The molecule has 0 heterocycles. The molecule has 0 aliphatic carbocycles. The molecule has 0 bridgehead atoms. The summed E-state index contributed by atoms with van der Waals surface area (Å²) >= 11 is 0. The van der Waals surface area contributed by atoms with Crippen LogP contribution in [-0.4, -0.2) is 16.2 Å². The van der Waals surface area contributed by atoms with Crippen molar-refractivity contribution >= 4 is 5.97 Å². The maximum absolute atomic E-state index is 10.7. The third kappa shape index (κ3) is 2.36. The van der Waals surface area contributed by atoms with Crippen LogP contribution in [0.15, 0.2) is 12.1 Å². The standard InChI is InChI=1S/C12H16O3/c1-4-9-5-7(2)8(3)10(6-9)11(13)12(14)15/h5-6,11,13H,4H2,1-3H3,(H,14,15). The molecule has 0 aliphatic heterocycles. The van der Waals surface area contributed by atoms with Crippen LogP contribution in [-0.2, 0) is 11.2 Å². The fourth-order valence-electron chi connectivity index (χ4n) is 1.58. The Morgan fingerprint density at radius 3 is 2.47 bits per heavy atom. The van der Waals surface area contributed by atoms with Gasteiger partial charge in [0, 0.05) is 0 Å². The van der Waals surface area contributed by atoms with Gasteiger partial charge in [-0.25, -0.2) is 4.79 Å². The van der Waals surface area contributed by atoms with Crippen LogP contribution in [0.4, 0.5) is 0 Å². The molecule has 0 spiro atoms. The van der Waals surface area contributed by atoms with Crippen molar-refractivity contribution in [2.45, 2.75) is 33.3 Å². The number of carboxylic acid groups (broad SMARTS) is 1. The summed E-state index contributed by atoms with van der Waals surface area (Å²) in [4.78, 5) is 10.7. The summed E-state index contributed by atoms with van der Waals surface area (Å²) in [5, 5.41) is 18.3. The van der Waals surface area contributed by atoms with Crippen molar-refractivity contribution in [2.24, 2.45) is 0 Å². The van der Waals surface area contributed by atoms with E-state index >= 15 is 0 Å². The van der Waals surface area contributed by atoms with E-state index in [0.29, 0.717) is 5.56 Å². The molecule has 0 fully saturated rings. The van der Waals surface area contributed by atoms with E-state index in [-0.39, 0.29) is 0 Å². The van der Waals surface area contributed by atoms with Crippen LogP contribution in [0.3, 0.4) is 0 Å². The number of carboxylic acids is 1. The maximum atomic E-state index is 10.7. The van der Waals surface area contributed by atoms with Gasteiger partial charge in [0.25, 0.3) is 0 Å². The minimum atomic E-state index is -1.42. The molecule has 1 aromatic rings. The highest BCUT2D eigenvalue weighted by molar-refractivity contribution is 5.74. The number of carbonyl (C=O) groups is 1. The first-order chi connectivity index (χ1) is 6.97. The van der Waals surface area contributed by atoms with Crippen molar-refractivity contribution < 1.29 is 15.0 Å². The number of rotatable bonds is 3. The van der Waals surface area contributed by atoms with Crippen molar-refractivity contribution in [1.82, 2.24) is 0 Å². The topological polar surface area (TPSA) is 57.5 Å². The zero-order chi connectivity index (χ0) is 11.6. The fourth-order valence-corrected chi connectivity index (χ4v) is 1.58. The molecule has 1 atom stereocenters. The summed E-state index contributed by atoms with van der Waals surface area (Å²) < 4.78 is 0. The second-order valence-electron chi connectivity index (χ2n) is 3.72. The molecule has 0 aromatic heterocycles. The van der Waals surface area contributed by atoms with Gasteiger partial charge in [-0.1, -0.05) is 19.1 Å². The van der Waals surface area contributed by atoms with Gasteiger partial charge in [-0.15, -0.1) is 0 Å². The van der Waals surface area contributed by atoms with E-state index in [1.54, 1.807) is 6.07 Å². The Labute approximate surface area is 89.4 Å². The number of aliphatic hydroxyl groups excluding tert-OH is 1. The lowest BCUT2D eigenvalue weighted by molar-refractivity contribution is -0.147. The van der Waals surface area contributed by atoms with Gasteiger partial charge in [0.05, 0.1) is 0 Å². The van der Waals surface area contributed by atoms with Crippen molar-refractivity contribution in [1.29, 1.82) is 0 Å². The molecule has 0 amide bonds. The van der Waals surface area contributed by atoms with Crippen LogP contribution >= 0.6 is 0 Å². The van der Waals surface area contributed by atoms with Crippen molar-refractivity contribution in [3.63, 3.8) is 0 Å². The zero-order valence-electron chi connectivity index (χ0n) is 9.24. The first kappa shape index (κ1) is 11.7. The molecule has 0 aliphatic rings. The van der Waals surface area contributed by atoms with Gasteiger partial charge in [0.1, 0.15) is 0 Å². The van der Waals surface area contributed by atoms with Gasteiger partial charge in [-0.05, 0) is 42.5 Å². The molecule has 3 heteroatoms.